The number of ether oxygens (including phenoxy) is 2. The molecule has 5 nitrogen and oxygen atoms in total. The minimum atomic E-state index is -0.816. The number of esters is 2. The van der Waals surface area contributed by atoms with E-state index in [1.807, 2.05) is 19.9 Å². The van der Waals surface area contributed by atoms with Crippen LogP contribution in [0.3, 0.4) is 0 Å². The van der Waals surface area contributed by atoms with Gasteiger partial charge in [0.15, 0.2) is 0 Å². The smallest absolute Gasteiger partial charge is 0.334 e. The molecule has 3 rings (SSSR count). The molecule has 0 aromatic heterocycles. The Labute approximate surface area is 148 Å². The summed E-state index contributed by atoms with van der Waals surface area (Å²) < 4.78 is 11.1. The summed E-state index contributed by atoms with van der Waals surface area (Å²) in [6, 6.07) is 0. The topological polar surface area (TPSA) is 72.8 Å². The Morgan fingerprint density at radius 1 is 1.48 bits per heavy atom. The molecule has 1 fully saturated rings. The molecule has 1 saturated carbocycles. The number of carbonyl (C=O) groups excluding carboxylic acids is 2. The fourth-order valence-corrected chi connectivity index (χ4v) is 4.28. The summed E-state index contributed by atoms with van der Waals surface area (Å²) in [6.45, 7) is 9.24. The molecule has 3 aliphatic rings. The van der Waals surface area contributed by atoms with Gasteiger partial charge in [0.2, 0.25) is 0 Å². The van der Waals surface area contributed by atoms with E-state index in [0.29, 0.717) is 29.6 Å². The van der Waals surface area contributed by atoms with E-state index in [9.17, 15) is 14.7 Å². The molecule has 5 atom stereocenters. The lowest BCUT2D eigenvalue weighted by Gasteiger charge is -2.51. The van der Waals surface area contributed by atoms with Crippen LogP contribution < -0.4 is 0 Å². The van der Waals surface area contributed by atoms with Crippen molar-refractivity contribution in [3.63, 3.8) is 0 Å². The second kappa shape index (κ2) is 6.13. The highest BCUT2D eigenvalue weighted by atomic mass is 16.6. The number of hydrogen-bond donors (Lipinski definition) is 1. The predicted octanol–water partition coefficient (Wildman–Crippen LogP) is 2.84. The van der Waals surface area contributed by atoms with Gasteiger partial charge in [0.05, 0.1) is 6.10 Å². The molecule has 1 heterocycles. The molecule has 25 heavy (non-hydrogen) atoms. The number of aliphatic hydroxyl groups is 1. The monoisotopic (exact) mass is 346 g/mol. The molecule has 1 aliphatic heterocycles. The first-order valence-electron chi connectivity index (χ1n) is 8.84. The van der Waals surface area contributed by atoms with Gasteiger partial charge in [-0.05, 0) is 20.8 Å². The van der Waals surface area contributed by atoms with Crippen LogP contribution in [0.5, 0.6) is 0 Å². The second-order valence-electron chi connectivity index (χ2n) is 7.53. The van der Waals surface area contributed by atoms with Crippen molar-refractivity contribution in [2.75, 3.05) is 0 Å². The number of carbonyl (C=O) groups is 2. The van der Waals surface area contributed by atoms with Gasteiger partial charge < -0.3 is 14.6 Å². The molecule has 0 aromatic rings. The first kappa shape index (κ1) is 17.9. The molecule has 0 bridgehead atoms. The Balaban J connectivity index is 1.93. The average Bonchev–Trinajstić information content (AvgIpc) is 2.86. The molecule has 0 unspecified atom stereocenters. The maximum Gasteiger partial charge on any atom is 0.334 e. The third-order valence-corrected chi connectivity index (χ3v) is 6.41. The van der Waals surface area contributed by atoms with Gasteiger partial charge in [-0.2, -0.15) is 0 Å². The summed E-state index contributed by atoms with van der Waals surface area (Å²) in [5, 5.41) is 11.1. The van der Waals surface area contributed by atoms with Crippen molar-refractivity contribution in [3.8, 4) is 0 Å². The normalized spacial score (nSPS) is 37.9. The maximum atomic E-state index is 12.2. The zero-order chi connectivity index (χ0) is 18.5. The Kier molecular flexibility index (Phi) is 4.40. The van der Waals surface area contributed by atoms with Crippen molar-refractivity contribution in [3.05, 3.63) is 34.4 Å². The van der Waals surface area contributed by atoms with Crippen LogP contribution in [0.25, 0.3) is 0 Å². The van der Waals surface area contributed by atoms with Gasteiger partial charge in [-0.1, -0.05) is 31.6 Å². The van der Waals surface area contributed by atoms with Crippen LogP contribution in [0.4, 0.5) is 0 Å². The molecular formula is C20H26O5. The third-order valence-electron chi connectivity index (χ3n) is 6.41. The molecule has 2 aliphatic carbocycles. The largest absolute Gasteiger partial charge is 0.458 e. The van der Waals surface area contributed by atoms with Crippen LogP contribution in [0.1, 0.15) is 47.5 Å². The van der Waals surface area contributed by atoms with Crippen LogP contribution in [0.15, 0.2) is 34.4 Å². The van der Waals surface area contributed by atoms with Crippen molar-refractivity contribution >= 4 is 11.9 Å². The highest BCUT2D eigenvalue weighted by molar-refractivity contribution is 5.92. The molecule has 1 N–H and O–H groups in total. The zero-order valence-electron chi connectivity index (χ0n) is 15.5. The van der Waals surface area contributed by atoms with Gasteiger partial charge >= 0.3 is 11.9 Å². The van der Waals surface area contributed by atoms with Crippen molar-refractivity contribution in [1.82, 2.24) is 0 Å². The lowest BCUT2D eigenvalue weighted by Crippen LogP contribution is -2.53. The minimum absolute atomic E-state index is 0.0759. The van der Waals surface area contributed by atoms with Crippen LogP contribution >= 0.6 is 0 Å². The summed E-state index contributed by atoms with van der Waals surface area (Å²) in [6.07, 6.45) is 3.51. The summed E-state index contributed by atoms with van der Waals surface area (Å²) in [4.78, 5) is 24.1. The number of fused-ring (bicyclic) bond motifs is 2. The quantitative estimate of drug-likeness (QED) is 0.473. The van der Waals surface area contributed by atoms with E-state index in [1.165, 1.54) is 0 Å². The van der Waals surface area contributed by atoms with Crippen LogP contribution in [0.2, 0.25) is 0 Å². The molecule has 0 saturated heterocycles. The Morgan fingerprint density at radius 2 is 2.16 bits per heavy atom. The molecule has 5 heteroatoms. The van der Waals surface area contributed by atoms with Crippen molar-refractivity contribution < 1.29 is 24.2 Å². The summed E-state index contributed by atoms with van der Waals surface area (Å²) in [5.74, 6) is -0.743. The van der Waals surface area contributed by atoms with Gasteiger partial charge in [-0.3, -0.25) is 0 Å². The van der Waals surface area contributed by atoms with Gasteiger partial charge in [-0.25, -0.2) is 9.59 Å². The van der Waals surface area contributed by atoms with Crippen LogP contribution in [-0.2, 0) is 19.1 Å². The summed E-state index contributed by atoms with van der Waals surface area (Å²) in [5.41, 5.74) is 2.28. The molecule has 0 radical (unpaired) electrons. The first-order chi connectivity index (χ1) is 11.7. The van der Waals surface area contributed by atoms with Crippen LogP contribution in [-0.4, -0.2) is 35.4 Å². The Bertz CT molecular complexity index is 714. The highest BCUT2D eigenvalue weighted by Gasteiger charge is 2.56. The van der Waals surface area contributed by atoms with Gasteiger partial charge in [0, 0.05) is 40.9 Å². The maximum absolute atomic E-state index is 12.2. The number of aliphatic hydroxyl groups excluding tert-OH is 1. The Hall–Kier alpha value is -1.88. The fourth-order valence-electron chi connectivity index (χ4n) is 4.28. The zero-order valence-corrected chi connectivity index (χ0v) is 15.5. The van der Waals surface area contributed by atoms with E-state index in [4.69, 9.17) is 9.47 Å². The average molecular weight is 346 g/mol. The van der Waals surface area contributed by atoms with Gasteiger partial charge in [0.25, 0.3) is 0 Å². The number of hydrogen-bond acceptors (Lipinski definition) is 5. The highest BCUT2D eigenvalue weighted by Crippen LogP contribution is 2.55. The number of rotatable bonds is 2. The number of allylic oxidation sites excluding steroid dienone is 1. The molecule has 136 valence electrons. The van der Waals surface area contributed by atoms with Crippen molar-refractivity contribution in [2.24, 2.45) is 11.3 Å². The predicted molar refractivity (Wildman–Crippen MR) is 92.5 cm³/mol. The van der Waals surface area contributed by atoms with E-state index >= 15 is 0 Å². The van der Waals surface area contributed by atoms with E-state index < -0.39 is 11.5 Å². The first-order valence-corrected chi connectivity index (χ1v) is 8.84. The second-order valence-corrected chi connectivity index (χ2v) is 7.53. The lowest BCUT2D eigenvalue weighted by molar-refractivity contribution is -0.153. The van der Waals surface area contributed by atoms with Gasteiger partial charge in [-0.15, -0.1) is 0 Å². The van der Waals surface area contributed by atoms with E-state index in [-0.39, 0.29) is 30.1 Å². The van der Waals surface area contributed by atoms with Crippen molar-refractivity contribution in [1.29, 1.82) is 0 Å². The SMILES string of the molecule is C/C=C(\C)C(=O)O[C@H]1CC=C2C[C@H]3OC(=O)C(C)=C3[C@@H](O)[C@]2(C)[C@H]1C. The van der Waals surface area contributed by atoms with Crippen LogP contribution in [0, 0.1) is 11.3 Å². The molecule has 0 spiro atoms. The van der Waals surface area contributed by atoms with E-state index in [2.05, 4.69) is 0 Å². The summed E-state index contributed by atoms with van der Waals surface area (Å²) >= 11 is 0. The van der Waals surface area contributed by atoms with Gasteiger partial charge in [0.1, 0.15) is 12.2 Å². The Morgan fingerprint density at radius 3 is 2.80 bits per heavy atom. The third kappa shape index (κ3) is 2.56. The minimum Gasteiger partial charge on any atom is -0.458 e. The van der Waals surface area contributed by atoms with E-state index in [1.54, 1.807) is 26.8 Å². The molecular weight excluding hydrogens is 320 g/mol. The fraction of sp³-hybridized carbons (Fsp3) is 0.600. The standard InChI is InChI=1S/C20H26O5/c1-6-10(2)18(22)24-14-8-7-13-9-15-16(11(3)19(23)25-15)17(21)20(13,5)12(14)4/h6-7,12,14-15,17,21H,8-9H2,1-5H3/b10-6+/t12-,14-,15+,17+,20+/m0/s1. The molecule has 0 aromatic carbocycles. The van der Waals surface area contributed by atoms with E-state index in [0.717, 1.165) is 5.57 Å². The molecule has 0 amide bonds. The summed E-state index contributed by atoms with van der Waals surface area (Å²) in [7, 11) is 0. The lowest BCUT2D eigenvalue weighted by atomic mass is 9.56. The van der Waals surface area contributed by atoms with Crippen molar-refractivity contribution in [2.45, 2.75) is 65.8 Å².